The van der Waals surface area contributed by atoms with Gasteiger partial charge in [0.05, 0.1) is 5.69 Å². The van der Waals surface area contributed by atoms with Crippen molar-refractivity contribution in [2.45, 2.75) is 13.3 Å². The summed E-state index contributed by atoms with van der Waals surface area (Å²) in [6.45, 7) is 2.49. The first-order valence-corrected chi connectivity index (χ1v) is 4.88. The SMILES string of the molecule is Cc1oc(-c2ccncc2)nc1CCN. The van der Waals surface area contributed by atoms with Gasteiger partial charge in [0.2, 0.25) is 5.89 Å². The van der Waals surface area contributed by atoms with Crippen LogP contribution in [0, 0.1) is 6.92 Å². The van der Waals surface area contributed by atoms with Crippen LogP contribution in [0.25, 0.3) is 11.5 Å². The Bertz CT molecular complexity index is 436. The highest BCUT2D eigenvalue weighted by Gasteiger charge is 2.09. The zero-order valence-electron chi connectivity index (χ0n) is 8.60. The van der Waals surface area contributed by atoms with E-state index >= 15 is 0 Å². The van der Waals surface area contributed by atoms with Gasteiger partial charge in [-0.2, -0.15) is 0 Å². The maximum Gasteiger partial charge on any atom is 0.226 e. The van der Waals surface area contributed by atoms with Crippen LogP contribution in [0.1, 0.15) is 11.5 Å². The largest absolute Gasteiger partial charge is 0.441 e. The summed E-state index contributed by atoms with van der Waals surface area (Å²) in [5.41, 5.74) is 7.36. The fourth-order valence-corrected chi connectivity index (χ4v) is 1.41. The second-order valence-corrected chi connectivity index (χ2v) is 3.30. The van der Waals surface area contributed by atoms with Crippen LogP contribution in [0.2, 0.25) is 0 Å². The number of rotatable bonds is 3. The van der Waals surface area contributed by atoms with Crippen molar-refractivity contribution in [2.24, 2.45) is 5.73 Å². The molecular weight excluding hydrogens is 190 g/mol. The van der Waals surface area contributed by atoms with Gasteiger partial charge in [-0.15, -0.1) is 0 Å². The molecule has 0 saturated carbocycles. The molecule has 4 heteroatoms. The summed E-state index contributed by atoms with van der Waals surface area (Å²) in [4.78, 5) is 8.34. The smallest absolute Gasteiger partial charge is 0.226 e. The van der Waals surface area contributed by atoms with Crippen molar-refractivity contribution in [2.75, 3.05) is 6.54 Å². The Hall–Kier alpha value is -1.68. The summed E-state index contributed by atoms with van der Waals surface area (Å²) < 4.78 is 5.56. The Balaban J connectivity index is 2.34. The maximum absolute atomic E-state index is 5.56. The van der Waals surface area contributed by atoms with E-state index < -0.39 is 0 Å². The molecule has 0 radical (unpaired) electrons. The van der Waals surface area contributed by atoms with Crippen LogP contribution in [0.5, 0.6) is 0 Å². The van der Waals surface area contributed by atoms with E-state index in [9.17, 15) is 0 Å². The Morgan fingerprint density at radius 2 is 2.07 bits per heavy atom. The molecule has 0 spiro atoms. The average molecular weight is 203 g/mol. The van der Waals surface area contributed by atoms with Crippen LogP contribution in [0.3, 0.4) is 0 Å². The highest BCUT2D eigenvalue weighted by atomic mass is 16.4. The zero-order valence-corrected chi connectivity index (χ0v) is 8.60. The van der Waals surface area contributed by atoms with Crippen molar-refractivity contribution < 1.29 is 4.42 Å². The van der Waals surface area contributed by atoms with Crippen LogP contribution in [-0.2, 0) is 6.42 Å². The molecule has 0 saturated heterocycles. The molecule has 2 N–H and O–H groups in total. The first kappa shape index (κ1) is 9.86. The predicted octanol–water partition coefficient (Wildman–Crippen LogP) is 1.55. The van der Waals surface area contributed by atoms with E-state index in [1.54, 1.807) is 12.4 Å². The lowest BCUT2D eigenvalue weighted by atomic mass is 10.2. The number of nitrogens with zero attached hydrogens (tertiary/aromatic N) is 2. The number of hydrogen-bond donors (Lipinski definition) is 1. The molecule has 2 aromatic heterocycles. The van der Waals surface area contributed by atoms with Crippen molar-refractivity contribution in [3.8, 4) is 11.5 Å². The van der Waals surface area contributed by atoms with Gasteiger partial charge in [0, 0.05) is 24.4 Å². The van der Waals surface area contributed by atoms with E-state index in [4.69, 9.17) is 10.2 Å². The molecule has 4 nitrogen and oxygen atoms in total. The minimum atomic E-state index is 0.586. The van der Waals surface area contributed by atoms with E-state index in [-0.39, 0.29) is 0 Å². The molecule has 2 rings (SSSR count). The molecule has 2 heterocycles. The van der Waals surface area contributed by atoms with Crippen molar-refractivity contribution in [3.63, 3.8) is 0 Å². The number of oxazole rings is 1. The third-order valence-electron chi connectivity index (χ3n) is 2.20. The molecule has 0 aliphatic heterocycles. The summed E-state index contributed by atoms with van der Waals surface area (Å²) in [5.74, 6) is 1.48. The van der Waals surface area contributed by atoms with Crippen LogP contribution < -0.4 is 5.73 Å². The minimum Gasteiger partial charge on any atom is -0.441 e. The first-order chi connectivity index (χ1) is 7.31. The summed E-state index contributed by atoms with van der Waals surface area (Å²) in [6.07, 6.45) is 4.19. The zero-order chi connectivity index (χ0) is 10.7. The average Bonchev–Trinajstić information content (AvgIpc) is 2.63. The lowest BCUT2D eigenvalue weighted by Gasteiger charge is -1.91. The molecule has 0 bridgehead atoms. The van der Waals surface area contributed by atoms with E-state index in [1.165, 1.54) is 0 Å². The van der Waals surface area contributed by atoms with E-state index in [0.717, 1.165) is 23.4 Å². The fourth-order valence-electron chi connectivity index (χ4n) is 1.41. The van der Waals surface area contributed by atoms with E-state index in [1.807, 2.05) is 19.1 Å². The number of aromatic nitrogens is 2. The first-order valence-electron chi connectivity index (χ1n) is 4.88. The van der Waals surface area contributed by atoms with Gasteiger partial charge in [0.15, 0.2) is 0 Å². The summed E-state index contributed by atoms with van der Waals surface area (Å²) in [6, 6.07) is 3.75. The molecule has 0 unspecified atom stereocenters. The number of nitrogens with two attached hydrogens (primary N) is 1. The van der Waals surface area contributed by atoms with Crippen molar-refractivity contribution in [1.82, 2.24) is 9.97 Å². The molecule has 0 aliphatic carbocycles. The molecule has 2 aromatic rings. The van der Waals surface area contributed by atoms with Gasteiger partial charge >= 0.3 is 0 Å². The van der Waals surface area contributed by atoms with Gasteiger partial charge in [-0.25, -0.2) is 4.98 Å². The molecule has 78 valence electrons. The second-order valence-electron chi connectivity index (χ2n) is 3.30. The van der Waals surface area contributed by atoms with Crippen molar-refractivity contribution in [1.29, 1.82) is 0 Å². The Morgan fingerprint density at radius 3 is 2.73 bits per heavy atom. The Labute approximate surface area is 88.2 Å². The van der Waals surface area contributed by atoms with Gasteiger partial charge < -0.3 is 10.2 Å². The lowest BCUT2D eigenvalue weighted by molar-refractivity contribution is 0.539. The number of hydrogen-bond acceptors (Lipinski definition) is 4. The van der Waals surface area contributed by atoms with Gasteiger partial charge in [-0.05, 0) is 25.6 Å². The summed E-state index contributed by atoms with van der Waals surface area (Å²) in [7, 11) is 0. The molecule has 0 aromatic carbocycles. The van der Waals surface area contributed by atoms with E-state index in [0.29, 0.717) is 12.4 Å². The fraction of sp³-hybridized carbons (Fsp3) is 0.273. The van der Waals surface area contributed by atoms with Crippen LogP contribution in [-0.4, -0.2) is 16.5 Å². The van der Waals surface area contributed by atoms with E-state index in [2.05, 4.69) is 9.97 Å². The molecule has 0 fully saturated rings. The van der Waals surface area contributed by atoms with Crippen molar-refractivity contribution in [3.05, 3.63) is 36.0 Å². The van der Waals surface area contributed by atoms with Crippen molar-refractivity contribution >= 4 is 0 Å². The lowest BCUT2D eigenvalue weighted by Crippen LogP contribution is -2.03. The van der Waals surface area contributed by atoms with Gasteiger partial charge in [0.25, 0.3) is 0 Å². The maximum atomic E-state index is 5.56. The highest BCUT2D eigenvalue weighted by molar-refractivity contribution is 5.52. The molecule has 0 amide bonds. The monoisotopic (exact) mass is 203 g/mol. The van der Waals surface area contributed by atoms with Crippen LogP contribution in [0.4, 0.5) is 0 Å². The van der Waals surface area contributed by atoms with Crippen LogP contribution in [0.15, 0.2) is 28.9 Å². The van der Waals surface area contributed by atoms with Gasteiger partial charge in [-0.1, -0.05) is 0 Å². The number of aryl methyl sites for hydroxylation is 1. The van der Waals surface area contributed by atoms with Gasteiger partial charge in [-0.3, -0.25) is 4.98 Å². The number of pyridine rings is 1. The second kappa shape index (κ2) is 4.23. The normalized spacial score (nSPS) is 10.5. The third kappa shape index (κ3) is 2.05. The van der Waals surface area contributed by atoms with Gasteiger partial charge in [0.1, 0.15) is 5.76 Å². The Kier molecular flexibility index (Phi) is 2.78. The standard InChI is InChI=1S/C11H13N3O/c1-8-10(2-5-12)14-11(15-8)9-3-6-13-7-4-9/h3-4,6-7H,2,5,12H2,1H3. The molecule has 15 heavy (non-hydrogen) atoms. The summed E-state index contributed by atoms with van der Waals surface area (Å²) in [5, 5.41) is 0. The van der Waals surface area contributed by atoms with Crippen LogP contribution >= 0.6 is 0 Å². The topological polar surface area (TPSA) is 64.9 Å². The molecular formula is C11H13N3O. The third-order valence-corrected chi connectivity index (χ3v) is 2.20. The minimum absolute atomic E-state index is 0.586. The summed E-state index contributed by atoms with van der Waals surface area (Å²) >= 11 is 0. The molecule has 0 aliphatic rings. The predicted molar refractivity (Wildman–Crippen MR) is 57.2 cm³/mol. The Morgan fingerprint density at radius 1 is 1.33 bits per heavy atom. The highest BCUT2D eigenvalue weighted by Crippen LogP contribution is 2.20. The quantitative estimate of drug-likeness (QED) is 0.821. The molecule has 0 atom stereocenters.